The molecule has 5 heteroatoms. The van der Waals surface area contributed by atoms with Crippen molar-refractivity contribution in [3.05, 3.63) is 24.0 Å². The number of aromatic nitrogens is 1. The normalized spacial score (nSPS) is 15.9. The van der Waals surface area contributed by atoms with E-state index in [4.69, 9.17) is 10.00 Å². The average molecular weight is 260 g/mol. The van der Waals surface area contributed by atoms with Crippen LogP contribution in [-0.4, -0.2) is 49.3 Å². The Kier molecular flexibility index (Phi) is 5.60. The minimum atomic E-state index is 0.456. The maximum absolute atomic E-state index is 8.65. The quantitative estimate of drug-likeness (QED) is 0.785. The van der Waals surface area contributed by atoms with Crippen LogP contribution < -0.4 is 5.32 Å². The second kappa shape index (κ2) is 7.72. The van der Waals surface area contributed by atoms with Crippen LogP contribution in [0, 0.1) is 11.3 Å². The van der Waals surface area contributed by atoms with Gasteiger partial charge in [-0.2, -0.15) is 5.26 Å². The van der Waals surface area contributed by atoms with Gasteiger partial charge >= 0.3 is 0 Å². The zero-order valence-corrected chi connectivity index (χ0v) is 11.1. The molecule has 1 aliphatic rings. The highest BCUT2D eigenvalue weighted by Gasteiger charge is 2.08. The second-order valence-electron chi connectivity index (χ2n) is 4.63. The smallest absolute Gasteiger partial charge is 0.140 e. The minimum Gasteiger partial charge on any atom is -0.384 e. The number of rotatable bonds is 6. The van der Waals surface area contributed by atoms with Crippen LogP contribution in [0.25, 0.3) is 0 Å². The van der Waals surface area contributed by atoms with Gasteiger partial charge in [0.25, 0.3) is 0 Å². The molecule has 102 valence electrons. The molecule has 1 aliphatic heterocycles. The highest BCUT2D eigenvalue weighted by Crippen LogP contribution is 2.06. The second-order valence-corrected chi connectivity index (χ2v) is 4.63. The molecule has 5 nitrogen and oxygen atoms in total. The maximum Gasteiger partial charge on any atom is 0.140 e. The van der Waals surface area contributed by atoms with E-state index in [1.165, 1.54) is 6.42 Å². The van der Waals surface area contributed by atoms with Gasteiger partial charge in [0.05, 0.1) is 25.1 Å². The first-order chi connectivity index (χ1) is 9.38. The number of nitriles is 1. The molecule has 0 bridgehead atoms. The topological polar surface area (TPSA) is 61.2 Å². The van der Waals surface area contributed by atoms with Crippen molar-refractivity contribution in [2.75, 3.05) is 44.7 Å². The molecule has 19 heavy (non-hydrogen) atoms. The average Bonchev–Trinajstić information content (AvgIpc) is 2.49. The van der Waals surface area contributed by atoms with Crippen LogP contribution in [-0.2, 0) is 4.74 Å². The fourth-order valence-corrected chi connectivity index (χ4v) is 2.08. The van der Waals surface area contributed by atoms with Crippen molar-refractivity contribution in [2.24, 2.45) is 0 Å². The lowest BCUT2D eigenvalue weighted by atomic mass is 10.2. The number of nitrogens with one attached hydrogen (secondary N) is 1. The molecular formula is C14H20N4O. The molecule has 0 atom stereocenters. The fraction of sp³-hybridized carbons (Fsp3) is 0.571. The van der Waals surface area contributed by atoms with Crippen molar-refractivity contribution < 1.29 is 4.74 Å². The zero-order valence-electron chi connectivity index (χ0n) is 11.1. The van der Waals surface area contributed by atoms with Gasteiger partial charge in [-0.15, -0.1) is 0 Å². The fourth-order valence-electron chi connectivity index (χ4n) is 2.08. The number of pyridine rings is 1. The summed E-state index contributed by atoms with van der Waals surface area (Å²) in [5.74, 6) is 0. The molecule has 1 saturated heterocycles. The summed E-state index contributed by atoms with van der Waals surface area (Å²) >= 11 is 0. The molecule has 1 fully saturated rings. The third kappa shape index (κ3) is 4.86. The molecule has 2 rings (SSSR count). The van der Waals surface area contributed by atoms with E-state index in [9.17, 15) is 0 Å². The van der Waals surface area contributed by atoms with Crippen LogP contribution in [0.5, 0.6) is 0 Å². The van der Waals surface area contributed by atoms with Gasteiger partial charge < -0.3 is 10.1 Å². The summed E-state index contributed by atoms with van der Waals surface area (Å²) in [4.78, 5) is 6.47. The summed E-state index contributed by atoms with van der Waals surface area (Å²) in [7, 11) is 0. The molecule has 0 amide bonds. The number of hydrogen-bond acceptors (Lipinski definition) is 5. The molecule has 0 aliphatic carbocycles. The Labute approximate surface area is 114 Å². The van der Waals surface area contributed by atoms with Gasteiger partial charge in [0.1, 0.15) is 11.8 Å². The summed E-state index contributed by atoms with van der Waals surface area (Å²) in [6, 6.07) is 5.64. The Hall–Kier alpha value is -1.64. The predicted molar refractivity (Wildman–Crippen MR) is 73.9 cm³/mol. The first-order valence-electron chi connectivity index (χ1n) is 6.78. The third-order valence-electron chi connectivity index (χ3n) is 3.21. The van der Waals surface area contributed by atoms with Gasteiger partial charge in [-0.05, 0) is 31.5 Å². The molecule has 0 spiro atoms. The first kappa shape index (κ1) is 13.8. The summed E-state index contributed by atoms with van der Waals surface area (Å²) < 4.78 is 5.32. The largest absolute Gasteiger partial charge is 0.384 e. The number of anilines is 1. The van der Waals surface area contributed by atoms with Crippen molar-refractivity contribution in [2.45, 2.75) is 12.8 Å². The van der Waals surface area contributed by atoms with Gasteiger partial charge in [0.2, 0.25) is 0 Å². The lowest BCUT2D eigenvalue weighted by molar-refractivity contribution is 0.0373. The van der Waals surface area contributed by atoms with Crippen LogP contribution >= 0.6 is 0 Å². The van der Waals surface area contributed by atoms with E-state index >= 15 is 0 Å². The van der Waals surface area contributed by atoms with Crippen molar-refractivity contribution >= 4 is 5.69 Å². The number of hydrogen-bond donors (Lipinski definition) is 1. The summed E-state index contributed by atoms with van der Waals surface area (Å²) in [5, 5.41) is 12.0. The predicted octanol–water partition coefficient (Wildman–Crippen LogP) is 1.48. The van der Waals surface area contributed by atoms with Crippen LogP contribution in [0.15, 0.2) is 18.3 Å². The zero-order chi connectivity index (χ0) is 13.3. The third-order valence-corrected chi connectivity index (χ3v) is 3.21. The van der Waals surface area contributed by atoms with Gasteiger partial charge in [-0.1, -0.05) is 0 Å². The van der Waals surface area contributed by atoms with Crippen molar-refractivity contribution in [1.82, 2.24) is 9.88 Å². The summed E-state index contributed by atoms with van der Waals surface area (Å²) in [5.41, 5.74) is 1.43. The number of nitrogens with zero attached hydrogens (tertiary/aromatic N) is 3. The number of morpholine rings is 1. The van der Waals surface area contributed by atoms with E-state index in [0.717, 1.165) is 51.5 Å². The van der Waals surface area contributed by atoms with Crippen molar-refractivity contribution in [1.29, 1.82) is 5.26 Å². The molecule has 0 radical (unpaired) electrons. The van der Waals surface area contributed by atoms with E-state index in [1.807, 2.05) is 12.1 Å². The van der Waals surface area contributed by atoms with Crippen molar-refractivity contribution in [3.8, 4) is 6.07 Å². The Balaban J connectivity index is 1.57. The molecular weight excluding hydrogens is 240 g/mol. The Morgan fingerprint density at radius 3 is 2.84 bits per heavy atom. The maximum atomic E-state index is 8.65. The molecule has 0 aromatic carbocycles. The Morgan fingerprint density at radius 1 is 1.32 bits per heavy atom. The van der Waals surface area contributed by atoms with E-state index in [1.54, 1.807) is 12.3 Å². The Morgan fingerprint density at radius 2 is 2.16 bits per heavy atom. The first-order valence-corrected chi connectivity index (χ1v) is 6.78. The molecule has 1 N–H and O–H groups in total. The van der Waals surface area contributed by atoms with Gasteiger partial charge in [-0.25, -0.2) is 4.98 Å². The van der Waals surface area contributed by atoms with Gasteiger partial charge in [-0.3, -0.25) is 4.90 Å². The highest BCUT2D eigenvalue weighted by atomic mass is 16.5. The van der Waals surface area contributed by atoms with Crippen LogP contribution in [0.3, 0.4) is 0 Å². The monoisotopic (exact) mass is 260 g/mol. The number of ether oxygens (including phenoxy) is 1. The van der Waals surface area contributed by atoms with E-state index in [2.05, 4.69) is 15.2 Å². The highest BCUT2D eigenvalue weighted by molar-refractivity contribution is 5.42. The summed E-state index contributed by atoms with van der Waals surface area (Å²) in [6.07, 6.45) is 4.04. The van der Waals surface area contributed by atoms with Gasteiger partial charge in [0.15, 0.2) is 0 Å². The van der Waals surface area contributed by atoms with Crippen LogP contribution in [0.2, 0.25) is 0 Å². The molecule has 0 unspecified atom stereocenters. The van der Waals surface area contributed by atoms with Crippen LogP contribution in [0.1, 0.15) is 18.5 Å². The van der Waals surface area contributed by atoms with E-state index in [0.29, 0.717) is 5.69 Å². The molecule has 0 saturated carbocycles. The van der Waals surface area contributed by atoms with E-state index in [-0.39, 0.29) is 0 Å². The minimum absolute atomic E-state index is 0.456. The standard InChI is InChI=1S/C14H20N4O/c15-11-13-3-4-14(12-17-13)16-5-1-2-6-18-7-9-19-10-8-18/h3-4,12,16H,1-2,5-10H2. The SMILES string of the molecule is N#Cc1ccc(NCCCCN2CCOCC2)cn1. The molecule has 1 aromatic heterocycles. The van der Waals surface area contributed by atoms with Crippen molar-refractivity contribution in [3.63, 3.8) is 0 Å². The summed E-state index contributed by atoms with van der Waals surface area (Å²) in [6.45, 7) is 5.96. The van der Waals surface area contributed by atoms with Gasteiger partial charge in [0, 0.05) is 19.6 Å². The lowest BCUT2D eigenvalue weighted by Gasteiger charge is -2.26. The van der Waals surface area contributed by atoms with Crippen LogP contribution in [0.4, 0.5) is 5.69 Å². The molecule has 1 aromatic rings. The number of unbranched alkanes of at least 4 members (excludes halogenated alkanes) is 1. The lowest BCUT2D eigenvalue weighted by Crippen LogP contribution is -2.36. The Bertz CT molecular complexity index is 406. The molecule has 2 heterocycles. The van der Waals surface area contributed by atoms with E-state index < -0.39 is 0 Å².